The van der Waals surface area contributed by atoms with Gasteiger partial charge in [0.15, 0.2) is 5.82 Å². The van der Waals surface area contributed by atoms with Gasteiger partial charge in [-0.1, -0.05) is 0 Å². The number of nitrogens with one attached hydrogen (secondary N) is 2. The number of hydrogen-bond acceptors (Lipinski definition) is 5. The van der Waals surface area contributed by atoms with E-state index in [4.69, 9.17) is 4.74 Å². The van der Waals surface area contributed by atoms with E-state index in [1.165, 1.54) is 12.4 Å². The number of amides is 1. The quantitative estimate of drug-likeness (QED) is 0.824. The van der Waals surface area contributed by atoms with Gasteiger partial charge in [-0.3, -0.25) is 14.9 Å². The maximum absolute atomic E-state index is 12.0. The van der Waals surface area contributed by atoms with Crippen molar-refractivity contribution in [2.75, 3.05) is 11.9 Å². The van der Waals surface area contributed by atoms with Crippen LogP contribution in [0.5, 0.6) is 0 Å². The van der Waals surface area contributed by atoms with Crippen molar-refractivity contribution in [1.29, 1.82) is 0 Å². The molecule has 2 heterocycles. The highest BCUT2D eigenvalue weighted by molar-refractivity contribution is 6.07. The molecule has 2 aromatic rings. The summed E-state index contributed by atoms with van der Waals surface area (Å²) in [4.78, 5) is 27.7. The Hall–Kier alpha value is -2.70. The molecule has 0 atom stereocenters. The van der Waals surface area contributed by atoms with Gasteiger partial charge in [-0.15, -0.1) is 0 Å². The average molecular weight is 274 g/mol. The number of esters is 1. The lowest BCUT2D eigenvalue weighted by Crippen LogP contribution is -2.16. The maximum atomic E-state index is 12.0. The third-order valence-electron chi connectivity index (χ3n) is 2.60. The van der Waals surface area contributed by atoms with E-state index in [1.54, 1.807) is 26.0 Å². The molecule has 2 rings (SSSR count). The van der Waals surface area contributed by atoms with Crippen molar-refractivity contribution in [2.45, 2.75) is 13.8 Å². The number of aromatic nitrogens is 3. The Kier molecular flexibility index (Phi) is 4.09. The summed E-state index contributed by atoms with van der Waals surface area (Å²) < 4.78 is 4.93. The monoisotopic (exact) mass is 274 g/mol. The van der Waals surface area contributed by atoms with Gasteiger partial charge in [0.2, 0.25) is 0 Å². The van der Waals surface area contributed by atoms with Crippen LogP contribution in [-0.2, 0) is 4.74 Å². The number of ether oxygens (including phenoxy) is 1. The van der Waals surface area contributed by atoms with Crippen LogP contribution in [0.1, 0.15) is 33.3 Å². The molecule has 0 aliphatic carbocycles. The summed E-state index contributed by atoms with van der Waals surface area (Å²) in [6.45, 7) is 3.64. The van der Waals surface area contributed by atoms with E-state index in [9.17, 15) is 9.59 Å². The Morgan fingerprint density at radius 1 is 1.35 bits per heavy atom. The number of H-pyrrole nitrogens is 1. The Morgan fingerprint density at radius 3 is 2.70 bits per heavy atom. The number of carbonyl (C=O) groups is 2. The maximum Gasteiger partial charge on any atom is 0.343 e. The number of pyridine rings is 1. The lowest BCUT2D eigenvalue weighted by atomic mass is 10.2. The molecule has 7 heteroatoms. The topological polar surface area (TPSA) is 97.0 Å². The van der Waals surface area contributed by atoms with Crippen molar-refractivity contribution in [3.8, 4) is 0 Å². The van der Waals surface area contributed by atoms with Crippen molar-refractivity contribution in [1.82, 2.24) is 15.2 Å². The first-order valence-corrected chi connectivity index (χ1v) is 6.07. The van der Waals surface area contributed by atoms with Gasteiger partial charge in [0, 0.05) is 23.7 Å². The predicted molar refractivity (Wildman–Crippen MR) is 71.5 cm³/mol. The first kappa shape index (κ1) is 13.7. The third kappa shape index (κ3) is 2.82. The van der Waals surface area contributed by atoms with Crippen molar-refractivity contribution >= 4 is 17.7 Å². The minimum absolute atomic E-state index is 0.155. The molecular weight excluding hydrogens is 260 g/mol. The summed E-state index contributed by atoms with van der Waals surface area (Å²) in [6.07, 6.45) is 3.02. The SMILES string of the molecule is CCOC(=O)c1c(NC(=O)c2ccncc2)n[nH]c1C. The Balaban J connectivity index is 2.22. The summed E-state index contributed by atoms with van der Waals surface area (Å²) in [7, 11) is 0. The van der Waals surface area contributed by atoms with Crippen molar-refractivity contribution in [3.63, 3.8) is 0 Å². The van der Waals surface area contributed by atoms with E-state index in [2.05, 4.69) is 20.5 Å². The van der Waals surface area contributed by atoms with Crippen molar-refractivity contribution in [2.24, 2.45) is 0 Å². The first-order valence-electron chi connectivity index (χ1n) is 6.07. The van der Waals surface area contributed by atoms with Crippen LogP contribution < -0.4 is 5.32 Å². The first-order chi connectivity index (χ1) is 9.63. The normalized spacial score (nSPS) is 10.1. The Labute approximate surface area is 115 Å². The van der Waals surface area contributed by atoms with Gasteiger partial charge < -0.3 is 10.1 Å². The van der Waals surface area contributed by atoms with Crippen LogP contribution in [0.3, 0.4) is 0 Å². The van der Waals surface area contributed by atoms with Crippen LogP contribution in [0, 0.1) is 6.92 Å². The van der Waals surface area contributed by atoms with E-state index in [0.717, 1.165) is 0 Å². The summed E-state index contributed by atoms with van der Waals surface area (Å²) >= 11 is 0. The lowest BCUT2D eigenvalue weighted by Gasteiger charge is -2.05. The van der Waals surface area contributed by atoms with Gasteiger partial charge in [0.25, 0.3) is 5.91 Å². The number of nitrogens with zero attached hydrogens (tertiary/aromatic N) is 2. The molecule has 0 spiro atoms. The zero-order valence-corrected chi connectivity index (χ0v) is 11.1. The number of anilines is 1. The molecule has 104 valence electrons. The Bertz CT molecular complexity index is 622. The van der Waals surface area contributed by atoms with Gasteiger partial charge in [-0.2, -0.15) is 5.10 Å². The fourth-order valence-electron chi connectivity index (χ4n) is 1.66. The molecule has 0 aromatic carbocycles. The summed E-state index contributed by atoms with van der Waals surface area (Å²) in [6, 6.07) is 3.14. The molecule has 2 aromatic heterocycles. The summed E-state index contributed by atoms with van der Waals surface area (Å²) in [5.41, 5.74) is 1.19. The van der Waals surface area contributed by atoms with E-state index in [1.807, 2.05) is 0 Å². The molecule has 0 aliphatic heterocycles. The zero-order chi connectivity index (χ0) is 14.5. The predicted octanol–water partition coefficient (Wildman–Crippen LogP) is 1.54. The van der Waals surface area contributed by atoms with Crippen LogP contribution in [0.4, 0.5) is 5.82 Å². The molecule has 1 amide bonds. The van der Waals surface area contributed by atoms with Crippen molar-refractivity contribution < 1.29 is 14.3 Å². The summed E-state index contributed by atoms with van der Waals surface area (Å²) in [5, 5.41) is 9.14. The second kappa shape index (κ2) is 5.96. The fourth-order valence-corrected chi connectivity index (χ4v) is 1.66. The number of aryl methyl sites for hydroxylation is 1. The zero-order valence-electron chi connectivity index (χ0n) is 11.1. The molecule has 0 bridgehead atoms. The van der Waals surface area contributed by atoms with Gasteiger partial charge in [0.05, 0.1) is 6.61 Å². The van der Waals surface area contributed by atoms with Crippen LogP contribution in [-0.4, -0.2) is 33.7 Å². The molecule has 20 heavy (non-hydrogen) atoms. The highest BCUT2D eigenvalue weighted by Gasteiger charge is 2.21. The molecule has 0 aliphatic rings. The molecular formula is C13H14N4O3. The van der Waals surface area contributed by atoms with E-state index < -0.39 is 5.97 Å². The second-order valence-corrected chi connectivity index (χ2v) is 3.98. The van der Waals surface area contributed by atoms with Crippen LogP contribution in [0.25, 0.3) is 0 Å². The van der Waals surface area contributed by atoms with Crippen LogP contribution >= 0.6 is 0 Å². The molecule has 0 fully saturated rings. The molecule has 0 saturated carbocycles. The lowest BCUT2D eigenvalue weighted by molar-refractivity contribution is 0.0527. The molecule has 7 nitrogen and oxygen atoms in total. The number of aromatic amines is 1. The fraction of sp³-hybridized carbons (Fsp3) is 0.231. The van der Waals surface area contributed by atoms with Gasteiger partial charge in [0.1, 0.15) is 5.56 Å². The second-order valence-electron chi connectivity index (χ2n) is 3.98. The van der Waals surface area contributed by atoms with Gasteiger partial charge in [-0.25, -0.2) is 4.79 Å². The number of carbonyl (C=O) groups excluding carboxylic acids is 2. The van der Waals surface area contributed by atoms with Crippen molar-refractivity contribution in [3.05, 3.63) is 41.3 Å². The van der Waals surface area contributed by atoms with Gasteiger partial charge in [-0.05, 0) is 26.0 Å². The molecule has 0 saturated heterocycles. The smallest absolute Gasteiger partial charge is 0.343 e. The van der Waals surface area contributed by atoms with E-state index >= 15 is 0 Å². The molecule has 0 unspecified atom stereocenters. The standard InChI is InChI=1S/C13H14N4O3/c1-3-20-13(19)10-8(2)16-17-11(10)15-12(18)9-4-6-14-7-5-9/h4-7H,3H2,1-2H3,(H2,15,16,17,18). The highest BCUT2D eigenvalue weighted by atomic mass is 16.5. The number of hydrogen-bond donors (Lipinski definition) is 2. The minimum Gasteiger partial charge on any atom is -0.462 e. The third-order valence-corrected chi connectivity index (χ3v) is 2.60. The minimum atomic E-state index is -0.524. The summed E-state index contributed by atoms with van der Waals surface area (Å²) in [5.74, 6) is -0.740. The number of rotatable bonds is 4. The van der Waals surface area contributed by atoms with Gasteiger partial charge >= 0.3 is 5.97 Å². The van der Waals surface area contributed by atoms with E-state index in [0.29, 0.717) is 11.3 Å². The average Bonchev–Trinajstić information content (AvgIpc) is 2.81. The highest BCUT2D eigenvalue weighted by Crippen LogP contribution is 2.18. The Morgan fingerprint density at radius 2 is 2.05 bits per heavy atom. The molecule has 0 radical (unpaired) electrons. The largest absolute Gasteiger partial charge is 0.462 e. The van der Waals surface area contributed by atoms with Crippen LogP contribution in [0.2, 0.25) is 0 Å². The van der Waals surface area contributed by atoms with Crippen LogP contribution in [0.15, 0.2) is 24.5 Å². The van der Waals surface area contributed by atoms with E-state index in [-0.39, 0.29) is 23.9 Å². The molecule has 2 N–H and O–H groups in total.